The van der Waals surface area contributed by atoms with E-state index >= 15 is 0 Å². The highest BCUT2D eigenvalue weighted by atomic mass is 35.5. The van der Waals surface area contributed by atoms with Crippen molar-refractivity contribution in [2.45, 2.75) is 51.7 Å². The van der Waals surface area contributed by atoms with E-state index in [2.05, 4.69) is 4.98 Å². The van der Waals surface area contributed by atoms with Crippen LogP contribution in [0.15, 0.2) is 9.59 Å². The quantitative estimate of drug-likeness (QED) is 0.860. The van der Waals surface area contributed by atoms with Gasteiger partial charge in [0, 0.05) is 6.61 Å². The third-order valence-electron chi connectivity index (χ3n) is 3.59. The second kappa shape index (κ2) is 5.92. The van der Waals surface area contributed by atoms with Gasteiger partial charge in [-0.2, -0.15) is 0 Å². The Labute approximate surface area is 116 Å². The molecule has 1 aliphatic heterocycles. The predicted molar refractivity (Wildman–Crippen MR) is 74.0 cm³/mol. The molecule has 1 saturated heterocycles. The molecule has 0 saturated carbocycles. The van der Waals surface area contributed by atoms with Gasteiger partial charge in [-0.05, 0) is 26.2 Å². The molecule has 106 valence electrons. The van der Waals surface area contributed by atoms with Gasteiger partial charge >= 0.3 is 5.69 Å². The maximum absolute atomic E-state index is 12.4. The molecule has 0 spiro atoms. The molecule has 6 heteroatoms. The van der Waals surface area contributed by atoms with Gasteiger partial charge in [0.2, 0.25) is 0 Å². The fraction of sp³-hybridized carbons (Fsp3) is 0.692. The van der Waals surface area contributed by atoms with Gasteiger partial charge < -0.3 is 4.74 Å². The molecule has 0 aliphatic carbocycles. The average Bonchev–Trinajstić information content (AvgIpc) is 2.87. The number of nitrogens with one attached hydrogen (secondary N) is 1. The average molecular weight is 287 g/mol. The summed E-state index contributed by atoms with van der Waals surface area (Å²) in [5.41, 5.74) is -0.273. The lowest BCUT2D eigenvalue weighted by molar-refractivity contribution is 0.0704. The van der Waals surface area contributed by atoms with E-state index in [0.717, 1.165) is 19.3 Å². The molecule has 2 heterocycles. The van der Waals surface area contributed by atoms with E-state index in [9.17, 15) is 9.59 Å². The van der Waals surface area contributed by atoms with E-state index in [1.54, 1.807) is 0 Å². The Morgan fingerprint density at radius 2 is 2.26 bits per heavy atom. The van der Waals surface area contributed by atoms with Crippen molar-refractivity contribution in [3.8, 4) is 0 Å². The monoisotopic (exact) mass is 286 g/mol. The highest BCUT2D eigenvalue weighted by molar-refractivity contribution is 6.30. The van der Waals surface area contributed by atoms with Crippen LogP contribution < -0.4 is 11.2 Å². The second-order valence-electron chi connectivity index (χ2n) is 4.94. The fourth-order valence-electron chi connectivity index (χ4n) is 2.55. The van der Waals surface area contributed by atoms with E-state index in [1.165, 1.54) is 4.57 Å². The van der Waals surface area contributed by atoms with Crippen LogP contribution in [-0.4, -0.2) is 22.3 Å². The number of hydrogen-bond acceptors (Lipinski definition) is 3. The largest absolute Gasteiger partial charge is 0.376 e. The summed E-state index contributed by atoms with van der Waals surface area (Å²) in [6, 6.07) is -0.272. The molecule has 5 nitrogen and oxygen atoms in total. The molecule has 19 heavy (non-hydrogen) atoms. The van der Waals surface area contributed by atoms with Gasteiger partial charge in [0.1, 0.15) is 5.15 Å². The summed E-state index contributed by atoms with van der Waals surface area (Å²) < 4.78 is 6.81. The lowest BCUT2D eigenvalue weighted by atomic mass is 10.1. The molecule has 2 rings (SSSR count). The molecule has 0 amide bonds. The van der Waals surface area contributed by atoms with Crippen LogP contribution in [0.3, 0.4) is 0 Å². The SMILES string of the molecule is CCCc1c(Cl)[nH]c(=O)n(C(C)C2CCCO2)c1=O. The minimum atomic E-state index is -0.460. The molecule has 1 fully saturated rings. The number of nitrogens with zero attached hydrogens (tertiary/aromatic N) is 1. The molecular weight excluding hydrogens is 268 g/mol. The molecule has 1 aromatic rings. The molecule has 2 unspecified atom stereocenters. The zero-order chi connectivity index (χ0) is 14.0. The molecule has 0 bridgehead atoms. The Bertz CT molecular complexity index is 558. The Kier molecular flexibility index (Phi) is 4.47. The van der Waals surface area contributed by atoms with E-state index in [-0.39, 0.29) is 22.9 Å². The maximum Gasteiger partial charge on any atom is 0.329 e. The first-order valence-corrected chi connectivity index (χ1v) is 7.08. The number of rotatable bonds is 4. The first-order valence-electron chi connectivity index (χ1n) is 6.71. The summed E-state index contributed by atoms with van der Waals surface area (Å²) in [6.07, 6.45) is 3.13. The Morgan fingerprint density at radius 3 is 2.84 bits per heavy atom. The summed E-state index contributed by atoms with van der Waals surface area (Å²) in [7, 11) is 0. The number of aromatic amines is 1. The van der Waals surface area contributed by atoms with Gasteiger partial charge in [-0.3, -0.25) is 14.3 Å². The van der Waals surface area contributed by atoms with Gasteiger partial charge in [-0.25, -0.2) is 4.79 Å². The topological polar surface area (TPSA) is 64.1 Å². The number of H-pyrrole nitrogens is 1. The third-order valence-corrected chi connectivity index (χ3v) is 3.91. The summed E-state index contributed by atoms with van der Waals surface area (Å²) >= 11 is 5.95. The van der Waals surface area contributed by atoms with Crippen molar-refractivity contribution < 1.29 is 4.74 Å². The van der Waals surface area contributed by atoms with Gasteiger partial charge in [0.25, 0.3) is 5.56 Å². The molecule has 1 N–H and O–H groups in total. The maximum atomic E-state index is 12.4. The summed E-state index contributed by atoms with van der Waals surface area (Å²) in [4.78, 5) is 26.9. The van der Waals surface area contributed by atoms with Crippen molar-refractivity contribution in [3.05, 3.63) is 31.6 Å². The zero-order valence-corrected chi connectivity index (χ0v) is 12.0. The Morgan fingerprint density at radius 1 is 1.53 bits per heavy atom. The Balaban J connectivity index is 2.47. The van der Waals surface area contributed by atoms with E-state index < -0.39 is 5.69 Å². The van der Waals surface area contributed by atoms with Crippen LogP contribution in [0.4, 0.5) is 0 Å². The highest BCUT2D eigenvalue weighted by Crippen LogP contribution is 2.22. The highest BCUT2D eigenvalue weighted by Gasteiger charge is 2.27. The molecule has 0 aromatic carbocycles. The van der Waals surface area contributed by atoms with Crippen LogP contribution in [-0.2, 0) is 11.2 Å². The minimum absolute atomic E-state index is 0.0746. The molecular formula is C13H19ClN2O3. The molecule has 2 atom stereocenters. The van der Waals surface area contributed by atoms with E-state index in [4.69, 9.17) is 16.3 Å². The van der Waals surface area contributed by atoms with Crippen molar-refractivity contribution in [1.29, 1.82) is 0 Å². The summed E-state index contributed by atoms with van der Waals surface area (Å²) in [5.74, 6) is 0. The van der Waals surface area contributed by atoms with Crippen molar-refractivity contribution in [1.82, 2.24) is 9.55 Å². The van der Waals surface area contributed by atoms with Crippen LogP contribution in [0.2, 0.25) is 5.15 Å². The van der Waals surface area contributed by atoms with Crippen molar-refractivity contribution in [2.24, 2.45) is 0 Å². The number of ether oxygens (including phenoxy) is 1. The predicted octanol–water partition coefficient (Wildman–Crippen LogP) is 1.88. The summed E-state index contributed by atoms with van der Waals surface area (Å²) in [6.45, 7) is 4.50. The molecule has 1 aliphatic rings. The van der Waals surface area contributed by atoms with E-state index in [1.807, 2.05) is 13.8 Å². The lowest BCUT2D eigenvalue weighted by Crippen LogP contribution is -2.42. The zero-order valence-electron chi connectivity index (χ0n) is 11.2. The first kappa shape index (κ1) is 14.3. The van der Waals surface area contributed by atoms with Crippen molar-refractivity contribution in [2.75, 3.05) is 6.61 Å². The minimum Gasteiger partial charge on any atom is -0.376 e. The standard InChI is InChI=1S/C13H19ClN2O3/c1-3-5-9-11(14)15-13(18)16(12(9)17)8(2)10-6-4-7-19-10/h8,10H,3-7H2,1-2H3,(H,15,18). The molecule has 1 aromatic heterocycles. The third kappa shape index (κ3) is 2.77. The van der Waals surface area contributed by atoms with Crippen LogP contribution in [0, 0.1) is 0 Å². The fourth-order valence-corrected chi connectivity index (χ4v) is 2.80. The van der Waals surface area contributed by atoms with Gasteiger partial charge in [0.15, 0.2) is 0 Å². The van der Waals surface area contributed by atoms with E-state index in [0.29, 0.717) is 18.6 Å². The van der Waals surface area contributed by atoms with Crippen LogP contribution in [0.5, 0.6) is 0 Å². The van der Waals surface area contributed by atoms with Crippen molar-refractivity contribution in [3.63, 3.8) is 0 Å². The van der Waals surface area contributed by atoms with Gasteiger partial charge in [0.05, 0.1) is 17.7 Å². The lowest BCUT2D eigenvalue weighted by Gasteiger charge is -2.21. The van der Waals surface area contributed by atoms with Crippen LogP contribution in [0.25, 0.3) is 0 Å². The molecule has 0 radical (unpaired) electrons. The normalized spacial score (nSPS) is 20.7. The van der Waals surface area contributed by atoms with Gasteiger partial charge in [-0.15, -0.1) is 0 Å². The van der Waals surface area contributed by atoms with Crippen molar-refractivity contribution >= 4 is 11.6 Å². The van der Waals surface area contributed by atoms with Gasteiger partial charge in [-0.1, -0.05) is 24.9 Å². The number of halogens is 1. The van der Waals surface area contributed by atoms with Crippen LogP contribution in [0.1, 0.15) is 44.7 Å². The Hall–Kier alpha value is -1.07. The second-order valence-corrected chi connectivity index (χ2v) is 5.32. The number of hydrogen-bond donors (Lipinski definition) is 1. The first-order chi connectivity index (χ1) is 9.06. The van der Waals surface area contributed by atoms with Crippen LogP contribution >= 0.6 is 11.6 Å². The number of aromatic nitrogens is 2. The smallest absolute Gasteiger partial charge is 0.329 e. The summed E-state index contributed by atoms with van der Waals surface area (Å²) in [5, 5.41) is 0.160.